The highest BCUT2D eigenvalue weighted by molar-refractivity contribution is 5.76. The summed E-state index contributed by atoms with van der Waals surface area (Å²) in [5, 5.41) is 10.9. The predicted octanol–water partition coefficient (Wildman–Crippen LogP) is 0.768. The van der Waals surface area contributed by atoms with Crippen LogP contribution < -0.4 is 21.6 Å². The van der Waals surface area contributed by atoms with E-state index in [0.29, 0.717) is 13.2 Å². The van der Waals surface area contributed by atoms with Crippen LogP contribution in [-0.2, 0) is 27.2 Å². The van der Waals surface area contributed by atoms with E-state index in [-0.39, 0.29) is 11.6 Å². The number of anilines is 1. The van der Waals surface area contributed by atoms with Gasteiger partial charge in [-0.3, -0.25) is 9.13 Å². The van der Waals surface area contributed by atoms with E-state index in [1.165, 1.54) is 4.79 Å². The van der Waals surface area contributed by atoms with Gasteiger partial charge in [-0.1, -0.05) is 29.4 Å². The van der Waals surface area contributed by atoms with Crippen LogP contribution in [0.3, 0.4) is 0 Å². The fourth-order valence-corrected chi connectivity index (χ4v) is 3.06. The van der Waals surface area contributed by atoms with Gasteiger partial charge in [0.25, 0.3) is 5.95 Å². The van der Waals surface area contributed by atoms with Crippen LogP contribution >= 0.6 is 0 Å². The number of hydrogen-bond acceptors (Lipinski definition) is 7. The minimum Gasteiger partial charge on any atom is -0.489 e. The topological polar surface area (TPSA) is 118 Å². The lowest BCUT2D eigenvalue weighted by atomic mass is 10.2. The maximum absolute atomic E-state index is 12.1. The van der Waals surface area contributed by atoms with Crippen LogP contribution in [0.1, 0.15) is 11.1 Å². The number of rotatable bonds is 6. The fraction of sp³-hybridized carbons (Fsp3) is 0.222. The van der Waals surface area contributed by atoms with E-state index in [4.69, 9.17) is 10.5 Å². The van der Waals surface area contributed by atoms with Crippen molar-refractivity contribution in [2.24, 2.45) is 14.1 Å². The lowest BCUT2D eigenvalue weighted by Gasteiger charge is -2.13. The number of tetrazole rings is 1. The van der Waals surface area contributed by atoms with Gasteiger partial charge in [0, 0.05) is 19.7 Å². The summed E-state index contributed by atoms with van der Waals surface area (Å²) in [5.41, 5.74) is 12.3. The third-order valence-corrected chi connectivity index (χ3v) is 4.62. The van der Waals surface area contributed by atoms with Crippen LogP contribution in [0.25, 0.3) is 11.0 Å². The summed E-state index contributed by atoms with van der Waals surface area (Å²) >= 11 is 0. The van der Waals surface area contributed by atoms with Crippen LogP contribution in [0.15, 0.2) is 47.3 Å². The van der Waals surface area contributed by atoms with E-state index < -0.39 is 0 Å². The summed E-state index contributed by atoms with van der Waals surface area (Å²) in [7, 11) is 3.53. The molecule has 28 heavy (non-hydrogen) atoms. The molecule has 0 aliphatic heterocycles. The minimum absolute atomic E-state index is 0.0497. The molecule has 0 aliphatic rings. The van der Waals surface area contributed by atoms with Crippen LogP contribution in [0.5, 0.6) is 5.75 Å². The zero-order valence-electron chi connectivity index (χ0n) is 15.5. The quantitative estimate of drug-likeness (QED) is 0.507. The number of fused-ring (bicyclic) bond motifs is 1. The number of nitrogens with two attached hydrogens (primary N) is 1. The van der Waals surface area contributed by atoms with E-state index in [0.717, 1.165) is 27.9 Å². The number of benzene rings is 2. The lowest BCUT2D eigenvalue weighted by molar-refractivity contribution is 0.303. The van der Waals surface area contributed by atoms with Crippen LogP contribution in [0, 0.1) is 0 Å². The average molecular weight is 380 g/mol. The van der Waals surface area contributed by atoms with Gasteiger partial charge < -0.3 is 15.9 Å². The number of aryl methyl sites for hydroxylation is 2. The Morgan fingerprint density at radius 1 is 1.11 bits per heavy atom. The molecular formula is C18H20N8O2. The standard InChI is InChI=1S/C18H20N8O2/c1-24-14-8-7-12(9-15(14)25(2)18(24)27)11-28-16-6-4-3-5-13(16)10-20-26-17(19)21-22-23-26/h3-9,20H,10-11H2,1-2H3,(H2,19,21,23). The van der Waals surface area contributed by atoms with Gasteiger partial charge in [0.1, 0.15) is 12.4 Å². The average Bonchev–Trinajstić information content (AvgIpc) is 3.22. The maximum atomic E-state index is 12.1. The molecule has 0 bridgehead atoms. The zero-order valence-corrected chi connectivity index (χ0v) is 15.5. The largest absolute Gasteiger partial charge is 0.489 e. The molecule has 0 aliphatic carbocycles. The Bertz CT molecular complexity index is 1190. The Hall–Kier alpha value is -3.82. The number of para-hydroxylation sites is 1. The van der Waals surface area contributed by atoms with Gasteiger partial charge in [-0.05, 0) is 34.2 Å². The highest BCUT2D eigenvalue weighted by Gasteiger charge is 2.09. The third-order valence-electron chi connectivity index (χ3n) is 4.62. The predicted molar refractivity (Wildman–Crippen MR) is 104 cm³/mol. The summed E-state index contributed by atoms with van der Waals surface area (Å²) < 4.78 is 9.29. The van der Waals surface area contributed by atoms with Crippen molar-refractivity contribution in [3.63, 3.8) is 0 Å². The number of aromatic nitrogens is 6. The number of imidazole rings is 1. The van der Waals surface area contributed by atoms with Crippen LogP contribution in [0.2, 0.25) is 0 Å². The summed E-state index contributed by atoms with van der Waals surface area (Å²) in [5.74, 6) is 0.920. The maximum Gasteiger partial charge on any atom is 0.328 e. The molecule has 0 amide bonds. The molecule has 0 fully saturated rings. The molecule has 0 saturated heterocycles. The molecule has 4 aromatic rings. The van der Waals surface area contributed by atoms with Gasteiger partial charge in [0.2, 0.25) is 0 Å². The number of ether oxygens (including phenoxy) is 1. The molecule has 0 unspecified atom stereocenters. The molecule has 0 saturated carbocycles. The first-order valence-electron chi connectivity index (χ1n) is 8.67. The Balaban J connectivity index is 1.51. The molecule has 2 aromatic heterocycles. The van der Waals surface area contributed by atoms with Crippen molar-refractivity contribution in [1.82, 2.24) is 29.5 Å². The zero-order chi connectivity index (χ0) is 19.7. The number of hydrogen-bond donors (Lipinski definition) is 2. The molecule has 10 nitrogen and oxygen atoms in total. The molecule has 0 atom stereocenters. The third kappa shape index (κ3) is 3.15. The van der Waals surface area contributed by atoms with Crippen molar-refractivity contribution >= 4 is 17.0 Å². The number of nitrogens with zero attached hydrogens (tertiary/aromatic N) is 6. The second-order valence-electron chi connectivity index (χ2n) is 6.40. The Morgan fingerprint density at radius 2 is 1.89 bits per heavy atom. The van der Waals surface area contributed by atoms with E-state index in [1.807, 2.05) is 42.5 Å². The molecule has 0 spiro atoms. The van der Waals surface area contributed by atoms with E-state index in [1.54, 1.807) is 23.2 Å². The van der Waals surface area contributed by atoms with Crippen molar-refractivity contribution < 1.29 is 4.74 Å². The monoisotopic (exact) mass is 380 g/mol. The number of nitrogen functional groups attached to an aromatic ring is 1. The summed E-state index contributed by atoms with van der Waals surface area (Å²) in [6.07, 6.45) is 0. The smallest absolute Gasteiger partial charge is 0.328 e. The normalized spacial score (nSPS) is 11.1. The second-order valence-corrected chi connectivity index (χ2v) is 6.40. The van der Waals surface area contributed by atoms with Gasteiger partial charge in [0.05, 0.1) is 17.6 Å². The Labute approximate surface area is 160 Å². The van der Waals surface area contributed by atoms with Gasteiger partial charge in [-0.15, -0.1) is 4.79 Å². The molecule has 0 radical (unpaired) electrons. The van der Waals surface area contributed by atoms with Crippen LogP contribution in [0.4, 0.5) is 5.95 Å². The van der Waals surface area contributed by atoms with Gasteiger partial charge in [-0.25, -0.2) is 4.79 Å². The SMILES string of the molecule is Cn1c(=O)n(C)c2cc(COc3ccccc3CNn3nnnc3N)ccc21. The molecule has 2 heterocycles. The van der Waals surface area contributed by atoms with Crippen molar-refractivity contribution in [3.8, 4) is 5.75 Å². The highest BCUT2D eigenvalue weighted by Crippen LogP contribution is 2.21. The van der Waals surface area contributed by atoms with Crippen molar-refractivity contribution in [3.05, 3.63) is 64.1 Å². The fourth-order valence-electron chi connectivity index (χ4n) is 3.06. The first-order valence-corrected chi connectivity index (χ1v) is 8.67. The minimum atomic E-state index is -0.0497. The molecular weight excluding hydrogens is 360 g/mol. The summed E-state index contributed by atoms with van der Waals surface area (Å²) in [4.78, 5) is 13.4. The van der Waals surface area contributed by atoms with E-state index >= 15 is 0 Å². The molecule has 3 N–H and O–H groups in total. The van der Waals surface area contributed by atoms with Gasteiger partial charge in [0.15, 0.2) is 0 Å². The molecule has 10 heteroatoms. The summed E-state index contributed by atoms with van der Waals surface area (Å²) in [6.45, 7) is 0.820. The first-order chi connectivity index (χ1) is 13.5. The lowest BCUT2D eigenvalue weighted by Crippen LogP contribution is -2.19. The van der Waals surface area contributed by atoms with Crippen molar-refractivity contribution in [2.75, 3.05) is 11.2 Å². The van der Waals surface area contributed by atoms with Gasteiger partial charge in [-0.2, -0.15) is 0 Å². The number of nitrogens with one attached hydrogen (secondary N) is 1. The van der Waals surface area contributed by atoms with E-state index in [9.17, 15) is 4.79 Å². The van der Waals surface area contributed by atoms with Crippen molar-refractivity contribution in [2.45, 2.75) is 13.2 Å². The molecule has 144 valence electrons. The Kier molecular flexibility index (Phi) is 4.44. The van der Waals surface area contributed by atoms with Crippen LogP contribution in [-0.4, -0.2) is 29.5 Å². The Morgan fingerprint density at radius 3 is 2.68 bits per heavy atom. The molecule has 2 aromatic carbocycles. The summed E-state index contributed by atoms with van der Waals surface area (Å²) in [6, 6.07) is 13.6. The second kappa shape index (κ2) is 7.06. The van der Waals surface area contributed by atoms with Gasteiger partial charge >= 0.3 is 5.69 Å². The first kappa shape index (κ1) is 17.6. The van der Waals surface area contributed by atoms with Crippen molar-refractivity contribution in [1.29, 1.82) is 0 Å². The van der Waals surface area contributed by atoms with E-state index in [2.05, 4.69) is 21.0 Å². The highest BCUT2D eigenvalue weighted by atomic mass is 16.5. The molecule has 4 rings (SSSR count).